The fourth-order valence-electron chi connectivity index (χ4n) is 2.40. The molecule has 1 aromatic rings. The summed E-state index contributed by atoms with van der Waals surface area (Å²) >= 11 is 0. The largest absolute Gasteiger partial charge is 0.351 e. The fraction of sp³-hybridized carbons (Fsp3) is 0.412. The molecule has 1 saturated carbocycles. The number of nitrogens with zero attached hydrogens (tertiary/aromatic N) is 2. The zero-order valence-corrected chi connectivity index (χ0v) is 12.2. The molecule has 1 N–H and O–H groups in total. The third kappa shape index (κ3) is 4.65. The van der Waals surface area contributed by atoms with Gasteiger partial charge in [0.2, 0.25) is 5.95 Å². The first-order valence-corrected chi connectivity index (χ1v) is 7.36. The van der Waals surface area contributed by atoms with Crippen molar-refractivity contribution in [3.05, 3.63) is 48.3 Å². The molecule has 0 bridgehead atoms. The SMILES string of the molecule is C=C(/C=C\C)/C=C/c1cnc(NC2CCCCC2)nc1. The van der Waals surface area contributed by atoms with E-state index in [0.29, 0.717) is 6.04 Å². The molecule has 0 amide bonds. The molecular weight excluding hydrogens is 246 g/mol. The molecule has 0 atom stereocenters. The van der Waals surface area contributed by atoms with E-state index < -0.39 is 0 Å². The molecule has 1 aromatic heterocycles. The van der Waals surface area contributed by atoms with Gasteiger partial charge in [-0.15, -0.1) is 0 Å². The van der Waals surface area contributed by atoms with E-state index in [0.717, 1.165) is 17.1 Å². The molecule has 3 heteroatoms. The normalized spacial score (nSPS) is 16.9. The third-order valence-electron chi connectivity index (χ3n) is 3.48. The van der Waals surface area contributed by atoms with E-state index in [2.05, 4.69) is 21.9 Å². The van der Waals surface area contributed by atoms with Crippen LogP contribution in [0.5, 0.6) is 0 Å². The van der Waals surface area contributed by atoms with Crippen LogP contribution in [0.3, 0.4) is 0 Å². The molecule has 0 aliphatic heterocycles. The first kappa shape index (κ1) is 14.5. The van der Waals surface area contributed by atoms with Gasteiger partial charge in [0.15, 0.2) is 0 Å². The molecule has 1 fully saturated rings. The lowest BCUT2D eigenvalue weighted by molar-refractivity contribution is 0.461. The van der Waals surface area contributed by atoms with Crippen LogP contribution in [-0.2, 0) is 0 Å². The van der Waals surface area contributed by atoms with Crippen molar-refractivity contribution in [3.8, 4) is 0 Å². The summed E-state index contributed by atoms with van der Waals surface area (Å²) in [5, 5.41) is 3.42. The minimum Gasteiger partial charge on any atom is -0.351 e. The minimum atomic E-state index is 0.541. The lowest BCUT2D eigenvalue weighted by Gasteiger charge is -2.22. The van der Waals surface area contributed by atoms with Gasteiger partial charge >= 0.3 is 0 Å². The molecule has 1 aliphatic carbocycles. The Balaban J connectivity index is 1.90. The lowest BCUT2D eigenvalue weighted by Crippen LogP contribution is -2.23. The summed E-state index contributed by atoms with van der Waals surface area (Å²) in [4.78, 5) is 8.75. The van der Waals surface area contributed by atoms with Gasteiger partial charge in [-0.25, -0.2) is 9.97 Å². The third-order valence-corrected chi connectivity index (χ3v) is 3.48. The van der Waals surface area contributed by atoms with Gasteiger partial charge in [0.05, 0.1) is 0 Å². The molecule has 20 heavy (non-hydrogen) atoms. The van der Waals surface area contributed by atoms with E-state index in [1.165, 1.54) is 32.1 Å². The number of hydrogen-bond donors (Lipinski definition) is 1. The lowest BCUT2D eigenvalue weighted by atomic mass is 9.96. The van der Waals surface area contributed by atoms with Gasteiger partial charge in [0, 0.05) is 24.0 Å². The molecular formula is C17H23N3. The maximum atomic E-state index is 4.38. The van der Waals surface area contributed by atoms with Crippen molar-refractivity contribution in [1.82, 2.24) is 9.97 Å². The highest BCUT2D eigenvalue weighted by Crippen LogP contribution is 2.20. The number of hydrogen-bond acceptors (Lipinski definition) is 3. The standard InChI is InChI=1S/C17H23N3/c1-3-7-14(2)10-11-15-12-18-17(19-13-15)20-16-8-5-4-6-9-16/h3,7,10-13,16H,2,4-6,8-9H2,1H3,(H,18,19,20)/b7-3-,11-10+. The Morgan fingerprint density at radius 1 is 1.20 bits per heavy atom. The summed E-state index contributed by atoms with van der Waals surface area (Å²) in [7, 11) is 0. The summed E-state index contributed by atoms with van der Waals surface area (Å²) in [6.07, 6.45) is 18.0. The second-order valence-electron chi connectivity index (χ2n) is 5.23. The van der Waals surface area contributed by atoms with Gasteiger partial charge in [-0.05, 0) is 25.3 Å². The van der Waals surface area contributed by atoms with Gasteiger partial charge < -0.3 is 5.32 Å². The van der Waals surface area contributed by atoms with Crippen LogP contribution < -0.4 is 5.32 Å². The van der Waals surface area contributed by atoms with Crippen LogP contribution in [-0.4, -0.2) is 16.0 Å². The average Bonchev–Trinajstić information content (AvgIpc) is 2.48. The van der Waals surface area contributed by atoms with Crippen LogP contribution in [0, 0.1) is 0 Å². The van der Waals surface area contributed by atoms with Gasteiger partial charge in [0.25, 0.3) is 0 Å². The number of anilines is 1. The molecule has 0 spiro atoms. The molecule has 0 saturated heterocycles. The Kier molecular flexibility index (Phi) is 5.54. The highest BCUT2D eigenvalue weighted by Gasteiger charge is 2.13. The van der Waals surface area contributed by atoms with Crippen molar-refractivity contribution in [2.75, 3.05) is 5.32 Å². The monoisotopic (exact) mass is 269 g/mol. The minimum absolute atomic E-state index is 0.541. The number of rotatable bonds is 5. The predicted octanol–water partition coefficient (Wildman–Crippen LogP) is 4.37. The van der Waals surface area contributed by atoms with Crippen molar-refractivity contribution in [2.45, 2.75) is 45.1 Å². The van der Waals surface area contributed by atoms with E-state index >= 15 is 0 Å². The fourth-order valence-corrected chi connectivity index (χ4v) is 2.40. The van der Waals surface area contributed by atoms with Crippen LogP contribution in [0.1, 0.15) is 44.6 Å². The van der Waals surface area contributed by atoms with Crippen LogP contribution >= 0.6 is 0 Å². The smallest absolute Gasteiger partial charge is 0.222 e. The Labute approximate surface area is 121 Å². The van der Waals surface area contributed by atoms with Crippen molar-refractivity contribution in [2.24, 2.45) is 0 Å². The predicted molar refractivity (Wildman–Crippen MR) is 85.5 cm³/mol. The summed E-state index contributed by atoms with van der Waals surface area (Å²) in [6.45, 7) is 5.91. The Bertz CT molecular complexity index is 479. The Morgan fingerprint density at radius 2 is 1.90 bits per heavy atom. The first-order chi connectivity index (χ1) is 9.78. The molecule has 1 aliphatic rings. The van der Waals surface area contributed by atoms with E-state index in [-0.39, 0.29) is 0 Å². The van der Waals surface area contributed by atoms with Gasteiger partial charge in [-0.3, -0.25) is 0 Å². The number of allylic oxidation sites excluding steroid dienone is 4. The molecule has 1 heterocycles. The maximum absolute atomic E-state index is 4.38. The van der Waals surface area contributed by atoms with Crippen molar-refractivity contribution in [3.63, 3.8) is 0 Å². The van der Waals surface area contributed by atoms with E-state index in [4.69, 9.17) is 0 Å². The maximum Gasteiger partial charge on any atom is 0.222 e. The average molecular weight is 269 g/mol. The molecule has 106 valence electrons. The van der Waals surface area contributed by atoms with E-state index in [1.807, 2.05) is 43.6 Å². The molecule has 3 nitrogen and oxygen atoms in total. The number of nitrogens with one attached hydrogen (secondary N) is 1. The quantitative estimate of drug-likeness (QED) is 0.807. The van der Waals surface area contributed by atoms with Crippen LogP contribution in [0.4, 0.5) is 5.95 Å². The van der Waals surface area contributed by atoms with E-state index in [1.54, 1.807) is 0 Å². The van der Waals surface area contributed by atoms with Crippen LogP contribution in [0.25, 0.3) is 6.08 Å². The first-order valence-electron chi connectivity index (χ1n) is 7.36. The van der Waals surface area contributed by atoms with Gasteiger partial charge in [0.1, 0.15) is 0 Å². The van der Waals surface area contributed by atoms with Crippen LogP contribution in [0.15, 0.2) is 42.8 Å². The van der Waals surface area contributed by atoms with Crippen molar-refractivity contribution in [1.29, 1.82) is 0 Å². The van der Waals surface area contributed by atoms with Crippen LogP contribution in [0.2, 0.25) is 0 Å². The summed E-state index contributed by atoms with van der Waals surface area (Å²) in [6, 6.07) is 0.541. The molecule has 0 aromatic carbocycles. The van der Waals surface area contributed by atoms with E-state index in [9.17, 15) is 0 Å². The topological polar surface area (TPSA) is 37.8 Å². The zero-order valence-electron chi connectivity index (χ0n) is 12.2. The zero-order chi connectivity index (χ0) is 14.2. The highest BCUT2D eigenvalue weighted by atomic mass is 15.1. The van der Waals surface area contributed by atoms with Gasteiger partial charge in [-0.1, -0.05) is 50.1 Å². The van der Waals surface area contributed by atoms with Gasteiger partial charge in [-0.2, -0.15) is 0 Å². The number of aromatic nitrogens is 2. The summed E-state index contributed by atoms with van der Waals surface area (Å²) in [5.41, 5.74) is 1.96. The Morgan fingerprint density at radius 3 is 2.55 bits per heavy atom. The Hall–Kier alpha value is -1.90. The second kappa shape index (κ2) is 7.63. The molecule has 0 unspecified atom stereocenters. The molecule has 2 rings (SSSR count). The van der Waals surface area contributed by atoms with Crippen molar-refractivity contribution < 1.29 is 0 Å². The summed E-state index contributed by atoms with van der Waals surface area (Å²) < 4.78 is 0. The van der Waals surface area contributed by atoms with Crippen molar-refractivity contribution >= 4 is 12.0 Å². The molecule has 0 radical (unpaired) electrons. The summed E-state index contributed by atoms with van der Waals surface area (Å²) in [5.74, 6) is 0.737. The second-order valence-corrected chi connectivity index (χ2v) is 5.23. The highest BCUT2D eigenvalue weighted by molar-refractivity contribution is 5.53.